The van der Waals surface area contributed by atoms with Gasteiger partial charge in [0.05, 0.1) is 0 Å². The molecular formula is C19H28N2O. The SMILES string of the molecule is CC1CCCC1CCCCCCc1cn2cc[nH]c2cc1=O. The zero-order chi connectivity index (χ0) is 15.4. The zero-order valence-electron chi connectivity index (χ0n) is 13.7. The summed E-state index contributed by atoms with van der Waals surface area (Å²) in [6.45, 7) is 2.42. The zero-order valence-corrected chi connectivity index (χ0v) is 13.7. The number of rotatable bonds is 7. The number of imidazole rings is 1. The van der Waals surface area contributed by atoms with Crippen LogP contribution in [0.4, 0.5) is 0 Å². The lowest BCUT2D eigenvalue weighted by atomic mass is 9.92. The van der Waals surface area contributed by atoms with E-state index in [2.05, 4.69) is 11.9 Å². The monoisotopic (exact) mass is 300 g/mol. The molecule has 3 rings (SSSR count). The van der Waals surface area contributed by atoms with Crippen LogP contribution in [-0.4, -0.2) is 9.38 Å². The van der Waals surface area contributed by atoms with Crippen molar-refractivity contribution < 1.29 is 0 Å². The first kappa shape index (κ1) is 15.4. The normalized spacial score (nSPS) is 21.7. The van der Waals surface area contributed by atoms with Gasteiger partial charge in [-0.25, -0.2) is 0 Å². The van der Waals surface area contributed by atoms with Crippen LogP contribution in [0.2, 0.25) is 0 Å². The number of pyridine rings is 1. The third-order valence-corrected chi connectivity index (χ3v) is 5.43. The fourth-order valence-electron chi connectivity index (χ4n) is 3.95. The first-order valence-electron chi connectivity index (χ1n) is 8.92. The Morgan fingerprint density at radius 2 is 2.09 bits per heavy atom. The lowest BCUT2D eigenvalue weighted by Crippen LogP contribution is -2.09. The third-order valence-electron chi connectivity index (χ3n) is 5.43. The Kier molecular flexibility index (Phi) is 5.01. The molecule has 2 atom stereocenters. The first-order chi connectivity index (χ1) is 10.7. The van der Waals surface area contributed by atoms with Gasteiger partial charge < -0.3 is 9.38 Å². The third kappa shape index (κ3) is 3.63. The summed E-state index contributed by atoms with van der Waals surface area (Å²) < 4.78 is 2.00. The van der Waals surface area contributed by atoms with Gasteiger partial charge in [0.2, 0.25) is 0 Å². The first-order valence-corrected chi connectivity index (χ1v) is 8.92. The van der Waals surface area contributed by atoms with Crippen molar-refractivity contribution in [1.29, 1.82) is 0 Å². The molecule has 0 aromatic carbocycles. The minimum absolute atomic E-state index is 0.169. The summed E-state index contributed by atoms with van der Waals surface area (Å²) in [5.74, 6) is 1.94. The maximum absolute atomic E-state index is 12.0. The van der Waals surface area contributed by atoms with Crippen LogP contribution in [-0.2, 0) is 6.42 Å². The van der Waals surface area contributed by atoms with E-state index in [0.717, 1.165) is 35.9 Å². The molecule has 2 heterocycles. The van der Waals surface area contributed by atoms with E-state index < -0.39 is 0 Å². The average Bonchev–Trinajstić information content (AvgIpc) is 3.11. The van der Waals surface area contributed by atoms with Crippen LogP contribution in [0.15, 0.2) is 29.5 Å². The number of aromatic nitrogens is 2. The molecule has 1 aliphatic carbocycles. The van der Waals surface area contributed by atoms with Crippen molar-refractivity contribution in [2.24, 2.45) is 11.8 Å². The molecule has 120 valence electrons. The van der Waals surface area contributed by atoms with Crippen LogP contribution in [0.5, 0.6) is 0 Å². The largest absolute Gasteiger partial charge is 0.346 e. The van der Waals surface area contributed by atoms with Crippen molar-refractivity contribution >= 4 is 5.65 Å². The molecule has 3 heteroatoms. The predicted molar refractivity (Wildman–Crippen MR) is 91.3 cm³/mol. The van der Waals surface area contributed by atoms with E-state index >= 15 is 0 Å². The summed E-state index contributed by atoms with van der Waals surface area (Å²) in [4.78, 5) is 15.1. The molecule has 1 saturated carbocycles. The second kappa shape index (κ2) is 7.17. The van der Waals surface area contributed by atoms with Gasteiger partial charge in [-0.2, -0.15) is 0 Å². The Morgan fingerprint density at radius 3 is 2.91 bits per heavy atom. The number of nitrogens with one attached hydrogen (secondary N) is 1. The number of aryl methyl sites for hydroxylation is 1. The Morgan fingerprint density at radius 1 is 1.23 bits per heavy atom. The standard InChI is InChI=1S/C19H28N2O/c1-15-7-6-10-16(15)8-4-2-3-5-9-17-14-21-12-11-20-19(21)13-18(17)22/h11-16,20H,2-10H2,1H3. The Hall–Kier alpha value is -1.51. The van der Waals surface area contributed by atoms with Gasteiger partial charge in [0.1, 0.15) is 5.65 Å². The predicted octanol–water partition coefficient (Wildman–Crippen LogP) is 4.56. The van der Waals surface area contributed by atoms with Gasteiger partial charge in [-0.3, -0.25) is 4.79 Å². The van der Waals surface area contributed by atoms with Gasteiger partial charge >= 0.3 is 0 Å². The topological polar surface area (TPSA) is 37.3 Å². The Bertz CT molecular complexity index is 655. The van der Waals surface area contributed by atoms with Gasteiger partial charge in [-0.15, -0.1) is 0 Å². The molecule has 0 aliphatic heterocycles. The van der Waals surface area contributed by atoms with Crippen LogP contribution >= 0.6 is 0 Å². The fraction of sp³-hybridized carbons (Fsp3) is 0.632. The molecule has 2 aromatic rings. The molecule has 0 bridgehead atoms. The van der Waals surface area contributed by atoms with E-state index in [1.54, 1.807) is 6.07 Å². The average molecular weight is 300 g/mol. The maximum Gasteiger partial charge on any atom is 0.186 e. The lowest BCUT2D eigenvalue weighted by molar-refractivity contribution is 0.374. The van der Waals surface area contributed by atoms with Crippen molar-refractivity contribution in [2.75, 3.05) is 0 Å². The molecule has 1 fully saturated rings. The number of H-pyrrole nitrogens is 1. The van der Waals surface area contributed by atoms with Crippen LogP contribution in [0.25, 0.3) is 5.65 Å². The molecule has 22 heavy (non-hydrogen) atoms. The summed E-state index contributed by atoms with van der Waals surface area (Å²) in [7, 11) is 0. The summed E-state index contributed by atoms with van der Waals surface area (Å²) >= 11 is 0. The number of hydrogen-bond donors (Lipinski definition) is 1. The molecule has 0 spiro atoms. The lowest BCUT2D eigenvalue weighted by Gasteiger charge is -2.14. The molecule has 1 aliphatic rings. The summed E-state index contributed by atoms with van der Waals surface area (Å²) in [6.07, 6.45) is 17.5. The van der Waals surface area contributed by atoms with E-state index in [4.69, 9.17) is 0 Å². The van der Waals surface area contributed by atoms with E-state index in [1.807, 2.05) is 23.0 Å². The minimum atomic E-state index is 0.169. The highest BCUT2D eigenvalue weighted by atomic mass is 16.1. The maximum atomic E-state index is 12.0. The highest BCUT2D eigenvalue weighted by Gasteiger charge is 2.22. The van der Waals surface area contributed by atoms with Crippen molar-refractivity contribution in [3.63, 3.8) is 0 Å². The van der Waals surface area contributed by atoms with E-state index in [0.29, 0.717) is 0 Å². The number of fused-ring (bicyclic) bond motifs is 1. The Balaban J connectivity index is 1.39. The number of unbranched alkanes of at least 4 members (excludes halogenated alkanes) is 3. The quantitative estimate of drug-likeness (QED) is 0.748. The molecule has 3 nitrogen and oxygen atoms in total. The van der Waals surface area contributed by atoms with Crippen LogP contribution in [0.1, 0.15) is 63.9 Å². The van der Waals surface area contributed by atoms with E-state index in [1.165, 1.54) is 44.9 Å². The van der Waals surface area contributed by atoms with E-state index in [-0.39, 0.29) is 5.43 Å². The van der Waals surface area contributed by atoms with Crippen LogP contribution in [0.3, 0.4) is 0 Å². The highest BCUT2D eigenvalue weighted by Crippen LogP contribution is 2.34. The van der Waals surface area contributed by atoms with Gasteiger partial charge in [0.25, 0.3) is 0 Å². The Labute approximate surface area is 132 Å². The molecule has 1 N–H and O–H groups in total. The number of aromatic amines is 1. The smallest absolute Gasteiger partial charge is 0.186 e. The highest BCUT2D eigenvalue weighted by molar-refractivity contribution is 5.39. The van der Waals surface area contributed by atoms with Crippen molar-refractivity contribution in [3.8, 4) is 0 Å². The molecule has 2 unspecified atom stereocenters. The molecule has 0 saturated heterocycles. The molecule has 2 aromatic heterocycles. The number of hydrogen-bond acceptors (Lipinski definition) is 1. The summed E-state index contributed by atoms with van der Waals surface area (Å²) in [5.41, 5.74) is 1.99. The molecular weight excluding hydrogens is 272 g/mol. The van der Waals surface area contributed by atoms with Gasteiger partial charge in [0, 0.05) is 30.2 Å². The number of nitrogens with zero attached hydrogens (tertiary/aromatic N) is 1. The molecule has 0 amide bonds. The van der Waals surface area contributed by atoms with Gasteiger partial charge in [-0.1, -0.05) is 51.9 Å². The van der Waals surface area contributed by atoms with Gasteiger partial charge in [-0.05, 0) is 24.7 Å². The van der Waals surface area contributed by atoms with Gasteiger partial charge in [0.15, 0.2) is 5.43 Å². The van der Waals surface area contributed by atoms with Crippen molar-refractivity contribution in [3.05, 3.63) is 40.4 Å². The fourth-order valence-corrected chi connectivity index (χ4v) is 3.95. The van der Waals surface area contributed by atoms with Crippen molar-refractivity contribution in [1.82, 2.24) is 9.38 Å². The molecule has 0 radical (unpaired) electrons. The summed E-state index contributed by atoms with van der Waals surface area (Å²) in [6, 6.07) is 1.71. The minimum Gasteiger partial charge on any atom is -0.346 e. The summed E-state index contributed by atoms with van der Waals surface area (Å²) in [5, 5.41) is 0. The van der Waals surface area contributed by atoms with Crippen LogP contribution < -0.4 is 5.43 Å². The second-order valence-electron chi connectivity index (χ2n) is 7.04. The van der Waals surface area contributed by atoms with E-state index in [9.17, 15) is 4.79 Å². The van der Waals surface area contributed by atoms with Crippen molar-refractivity contribution in [2.45, 2.75) is 64.7 Å². The van der Waals surface area contributed by atoms with Crippen LogP contribution in [0, 0.1) is 11.8 Å². The second-order valence-corrected chi connectivity index (χ2v) is 7.04.